The van der Waals surface area contributed by atoms with Crippen molar-refractivity contribution in [2.75, 3.05) is 13.1 Å². The fourth-order valence-corrected chi connectivity index (χ4v) is 1.85. The van der Waals surface area contributed by atoms with Gasteiger partial charge in [-0.1, -0.05) is 0 Å². The van der Waals surface area contributed by atoms with Gasteiger partial charge in [0.2, 0.25) is 0 Å². The predicted octanol–water partition coefficient (Wildman–Crippen LogP) is 0.585. The number of aryl methyl sites for hydroxylation is 1. The molecule has 0 aromatic carbocycles. The van der Waals surface area contributed by atoms with E-state index in [-0.39, 0.29) is 0 Å². The molecule has 14 heavy (non-hydrogen) atoms. The van der Waals surface area contributed by atoms with Crippen molar-refractivity contribution < 1.29 is 4.79 Å². The van der Waals surface area contributed by atoms with Gasteiger partial charge >= 0.3 is 0 Å². The Kier molecular flexibility index (Phi) is 2.63. The van der Waals surface area contributed by atoms with Crippen molar-refractivity contribution in [1.82, 2.24) is 14.7 Å². The summed E-state index contributed by atoms with van der Waals surface area (Å²) in [6.07, 6.45) is 5.61. The van der Waals surface area contributed by atoms with Gasteiger partial charge < -0.3 is 0 Å². The minimum absolute atomic E-state index is 0.361. The van der Waals surface area contributed by atoms with Crippen LogP contribution in [0.5, 0.6) is 0 Å². The molecule has 0 amide bonds. The molecule has 0 atom stereocenters. The number of hydrogen-bond acceptors (Lipinski definition) is 3. The molecule has 76 valence electrons. The molecule has 1 aliphatic heterocycles. The van der Waals surface area contributed by atoms with Crippen LogP contribution in [0.25, 0.3) is 0 Å². The van der Waals surface area contributed by atoms with Crippen LogP contribution >= 0.6 is 0 Å². The van der Waals surface area contributed by atoms with Gasteiger partial charge in [0.1, 0.15) is 5.78 Å². The molecule has 2 rings (SSSR count). The molecule has 0 aliphatic carbocycles. The number of Topliss-reactive ketones (excluding diaryl/α,β-unsaturated/α-hetero) is 1. The van der Waals surface area contributed by atoms with Crippen molar-refractivity contribution in [3.8, 4) is 0 Å². The normalized spacial score (nSPS) is 18.8. The van der Waals surface area contributed by atoms with Gasteiger partial charge in [0.15, 0.2) is 0 Å². The lowest BCUT2D eigenvalue weighted by Gasteiger charge is -2.24. The Morgan fingerprint density at radius 1 is 1.57 bits per heavy atom. The lowest BCUT2D eigenvalue weighted by Crippen LogP contribution is -2.34. The Bertz CT molecular complexity index is 332. The number of nitrogens with zero attached hydrogens (tertiary/aromatic N) is 3. The number of likely N-dealkylation sites (tertiary alicyclic amines) is 1. The summed E-state index contributed by atoms with van der Waals surface area (Å²) >= 11 is 0. The van der Waals surface area contributed by atoms with Crippen molar-refractivity contribution in [1.29, 1.82) is 0 Å². The molecule has 0 radical (unpaired) electrons. The van der Waals surface area contributed by atoms with Crippen LogP contribution in [0.1, 0.15) is 18.4 Å². The summed E-state index contributed by atoms with van der Waals surface area (Å²) in [5.74, 6) is 0.361. The third kappa shape index (κ3) is 2.20. The maximum Gasteiger partial charge on any atom is 0.146 e. The molecule has 4 nitrogen and oxygen atoms in total. The maximum atomic E-state index is 11.2. The van der Waals surface area contributed by atoms with Gasteiger partial charge in [0, 0.05) is 31.8 Å². The molecule has 0 saturated carbocycles. The second-order valence-electron chi connectivity index (χ2n) is 3.88. The molecule has 4 heteroatoms. The summed E-state index contributed by atoms with van der Waals surface area (Å²) in [5.41, 5.74) is 1.18. The van der Waals surface area contributed by atoms with Crippen molar-refractivity contribution in [3.63, 3.8) is 0 Å². The van der Waals surface area contributed by atoms with Crippen LogP contribution in [0.15, 0.2) is 12.4 Å². The highest BCUT2D eigenvalue weighted by Crippen LogP contribution is 2.10. The molecule has 1 aromatic heterocycles. The van der Waals surface area contributed by atoms with Crippen LogP contribution in [0.4, 0.5) is 0 Å². The molecule has 0 bridgehead atoms. The highest BCUT2D eigenvalue weighted by molar-refractivity contribution is 5.81. The summed E-state index contributed by atoms with van der Waals surface area (Å²) in [7, 11) is 1.91. The summed E-state index contributed by atoms with van der Waals surface area (Å²) < 4.78 is 1.79. The molecule has 1 aromatic rings. The first-order chi connectivity index (χ1) is 6.74. The van der Waals surface area contributed by atoms with Crippen LogP contribution < -0.4 is 0 Å². The zero-order valence-electron chi connectivity index (χ0n) is 8.44. The molecule has 1 aliphatic rings. The second-order valence-corrected chi connectivity index (χ2v) is 3.88. The number of carbonyl (C=O) groups is 1. The minimum atomic E-state index is 0.361. The third-order valence-corrected chi connectivity index (χ3v) is 2.49. The van der Waals surface area contributed by atoms with Gasteiger partial charge in [0.05, 0.1) is 12.7 Å². The van der Waals surface area contributed by atoms with E-state index in [0.717, 1.165) is 25.9 Å². The lowest BCUT2D eigenvalue weighted by molar-refractivity contribution is -0.122. The Labute approximate surface area is 83.5 Å². The lowest BCUT2D eigenvalue weighted by atomic mass is 10.1. The highest BCUT2D eigenvalue weighted by atomic mass is 16.1. The van der Waals surface area contributed by atoms with E-state index in [2.05, 4.69) is 10.00 Å². The van der Waals surface area contributed by atoms with E-state index < -0.39 is 0 Å². The van der Waals surface area contributed by atoms with E-state index in [1.54, 1.807) is 4.68 Å². The first-order valence-electron chi connectivity index (χ1n) is 4.95. The number of ketones is 1. The molecule has 1 saturated heterocycles. The standard InChI is InChI=1S/C10H15N3O/c1-12-6-9(5-11-12)7-13-4-2-3-10(14)8-13/h5-6H,2-4,7-8H2,1H3. The number of hydrogen-bond donors (Lipinski definition) is 0. The Balaban J connectivity index is 1.93. The van der Waals surface area contributed by atoms with Gasteiger partial charge in [-0.25, -0.2) is 0 Å². The van der Waals surface area contributed by atoms with Crippen LogP contribution in [-0.4, -0.2) is 33.6 Å². The third-order valence-electron chi connectivity index (χ3n) is 2.49. The summed E-state index contributed by atoms with van der Waals surface area (Å²) in [4.78, 5) is 13.4. The van der Waals surface area contributed by atoms with Crippen LogP contribution in [-0.2, 0) is 18.4 Å². The van der Waals surface area contributed by atoms with Crippen molar-refractivity contribution >= 4 is 5.78 Å². The molecule has 1 fully saturated rings. The van der Waals surface area contributed by atoms with Crippen molar-refractivity contribution in [2.24, 2.45) is 7.05 Å². The number of rotatable bonds is 2. The van der Waals surface area contributed by atoms with Crippen molar-refractivity contribution in [2.45, 2.75) is 19.4 Å². The van der Waals surface area contributed by atoms with E-state index in [4.69, 9.17) is 0 Å². The smallest absolute Gasteiger partial charge is 0.146 e. The minimum Gasteiger partial charge on any atom is -0.298 e. The fraction of sp³-hybridized carbons (Fsp3) is 0.600. The first kappa shape index (κ1) is 9.40. The van der Waals surface area contributed by atoms with Gasteiger partial charge in [-0.15, -0.1) is 0 Å². The first-order valence-corrected chi connectivity index (χ1v) is 4.95. The number of piperidine rings is 1. The van der Waals surface area contributed by atoms with E-state index in [1.165, 1.54) is 5.56 Å². The SMILES string of the molecule is Cn1cc(CN2CCCC(=O)C2)cn1. The Morgan fingerprint density at radius 2 is 2.43 bits per heavy atom. The van der Waals surface area contributed by atoms with E-state index in [0.29, 0.717) is 12.3 Å². The zero-order chi connectivity index (χ0) is 9.97. The van der Waals surface area contributed by atoms with Gasteiger partial charge in [-0.3, -0.25) is 14.4 Å². The zero-order valence-corrected chi connectivity index (χ0v) is 8.44. The predicted molar refractivity (Wildman–Crippen MR) is 52.7 cm³/mol. The molecule has 2 heterocycles. The van der Waals surface area contributed by atoms with Crippen LogP contribution in [0.3, 0.4) is 0 Å². The van der Waals surface area contributed by atoms with Gasteiger partial charge in [-0.2, -0.15) is 5.10 Å². The fourth-order valence-electron chi connectivity index (χ4n) is 1.85. The summed E-state index contributed by atoms with van der Waals surface area (Å²) in [6, 6.07) is 0. The molecular weight excluding hydrogens is 178 g/mol. The second kappa shape index (κ2) is 3.92. The summed E-state index contributed by atoms with van der Waals surface area (Å²) in [5, 5.41) is 4.11. The van der Waals surface area contributed by atoms with E-state index in [1.807, 2.05) is 19.4 Å². The average molecular weight is 193 g/mol. The van der Waals surface area contributed by atoms with Crippen molar-refractivity contribution in [3.05, 3.63) is 18.0 Å². The number of carbonyl (C=O) groups excluding carboxylic acids is 1. The number of aromatic nitrogens is 2. The van der Waals surface area contributed by atoms with Crippen LogP contribution in [0, 0.1) is 0 Å². The van der Waals surface area contributed by atoms with E-state index in [9.17, 15) is 4.79 Å². The molecule has 0 spiro atoms. The Morgan fingerprint density at radius 3 is 3.07 bits per heavy atom. The van der Waals surface area contributed by atoms with Gasteiger partial charge in [-0.05, 0) is 13.0 Å². The van der Waals surface area contributed by atoms with E-state index >= 15 is 0 Å². The summed E-state index contributed by atoms with van der Waals surface area (Å²) in [6.45, 7) is 2.48. The molecule has 0 N–H and O–H groups in total. The Hall–Kier alpha value is -1.16. The molecular formula is C10H15N3O. The monoisotopic (exact) mass is 193 g/mol. The van der Waals surface area contributed by atoms with Crippen LogP contribution in [0.2, 0.25) is 0 Å². The maximum absolute atomic E-state index is 11.2. The largest absolute Gasteiger partial charge is 0.298 e. The quantitative estimate of drug-likeness (QED) is 0.689. The van der Waals surface area contributed by atoms with Gasteiger partial charge in [0.25, 0.3) is 0 Å². The topological polar surface area (TPSA) is 38.1 Å². The highest BCUT2D eigenvalue weighted by Gasteiger charge is 2.16. The molecule has 0 unspecified atom stereocenters. The average Bonchev–Trinajstić information content (AvgIpc) is 2.51.